The molecule has 0 atom stereocenters. The first-order valence-electron chi connectivity index (χ1n) is 20.7. The van der Waals surface area contributed by atoms with Gasteiger partial charge in [-0.15, -0.1) is 0 Å². The van der Waals surface area contributed by atoms with Crippen LogP contribution in [0.4, 0.5) is 0 Å². The van der Waals surface area contributed by atoms with Crippen LogP contribution in [0.3, 0.4) is 0 Å². The predicted octanol–water partition coefficient (Wildman–Crippen LogP) is 19.1. The van der Waals surface area contributed by atoms with Crippen LogP contribution in [0, 0.1) is 55.4 Å². The molecule has 0 N–H and O–H groups in total. The van der Waals surface area contributed by atoms with Gasteiger partial charge in [-0.05, 0) is 135 Å². The summed E-state index contributed by atoms with van der Waals surface area (Å²) in [5.41, 5.74) is 17.1. The Hall–Kier alpha value is -3.12. The second-order valence-corrected chi connectivity index (χ2v) is 13.9. The quantitative estimate of drug-likeness (QED) is 0.195. The summed E-state index contributed by atoms with van der Waals surface area (Å²) in [6, 6.07) is 26.3. The number of aryl methyl sites for hydroxylation is 7. The van der Waals surface area contributed by atoms with E-state index in [1.165, 1.54) is 66.8 Å². The molecule has 0 aliphatic carbocycles. The molecule has 0 fully saturated rings. The van der Waals surface area contributed by atoms with E-state index in [1.54, 1.807) is 0 Å². The van der Waals surface area contributed by atoms with Gasteiger partial charge in [0.05, 0.1) is 0 Å². The van der Waals surface area contributed by atoms with E-state index in [0.717, 1.165) is 0 Å². The number of hydrogen-bond acceptors (Lipinski definition) is 0. The summed E-state index contributed by atoms with van der Waals surface area (Å²) in [6.45, 7) is 51.3. The van der Waals surface area contributed by atoms with Crippen molar-refractivity contribution in [1.82, 2.24) is 0 Å². The molecule has 0 amide bonds. The fraction of sp³-hybridized carbons (Fsp3) is 0.556. The number of hydrogen-bond donors (Lipinski definition) is 0. The molecule has 0 aliphatic heterocycles. The van der Waals surface area contributed by atoms with Crippen LogP contribution in [0.5, 0.6) is 0 Å². The highest BCUT2D eigenvalue weighted by Gasteiger charge is 2.06. The first-order valence-corrected chi connectivity index (χ1v) is 20.7. The summed E-state index contributed by atoms with van der Waals surface area (Å²) < 4.78 is 0. The molecule has 4 rings (SSSR count). The fourth-order valence-electron chi connectivity index (χ4n) is 5.99. The Morgan fingerprint density at radius 3 is 1.02 bits per heavy atom. The molecule has 4 aromatic carbocycles. The lowest BCUT2D eigenvalue weighted by atomic mass is 9.94. The van der Waals surface area contributed by atoms with Gasteiger partial charge in [0.2, 0.25) is 0 Å². The monoisotopic (exact) mass is 745 g/mol. The van der Waals surface area contributed by atoms with Crippen molar-refractivity contribution in [1.29, 1.82) is 0 Å². The second kappa shape index (κ2) is 36.8. The summed E-state index contributed by atoms with van der Waals surface area (Å²) in [5.74, 6) is 2.59. The second-order valence-electron chi connectivity index (χ2n) is 13.9. The van der Waals surface area contributed by atoms with E-state index in [0.29, 0.717) is 23.7 Å². The van der Waals surface area contributed by atoms with Crippen molar-refractivity contribution in [3.05, 3.63) is 140 Å². The fourth-order valence-corrected chi connectivity index (χ4v) is 5.99. The van der Waals surface area contributed by atoms with Gasteiger partial charge < -0.3 is 0 Å². The van der Waals surface area contributed by atoms with Crippen LogP contribution in [0.25, 0.3) is 0 Å². The topological polar surface area (TPSA) is 0 Å². The maximum Gasteiger partial charge on any atom is -0.0214 e. The Labute approximate surface area is 343 Å². The standard InChI is InChI=1S/4C11H16.4C2H6.2CH4/c1-8(2)11-6-5-9(3)7-10(11)4;1-8(2)11-7-9(3)5-6-10(11)4;1-8(2)11-7-5-6-9(3)10(11)4;1-8(2)11-9(3)6-5-7-10(11)4;4*1-2;;/h4*5-8H,1-4H3;4*1-2H3;2*1H4. The first kappa shape index (κ1) is 62.8. The Bertz CT molecular complexity index is 1400. The highest BCUT2D eigenvalue weighted by atomic mass is 14.1. The van der Waals surface area contributed by atoms with Crippen molar-refractivity contribution >= 4 is 0 Å². The van der Waals surface area contributed by atoms with Gasteiger partial charge in [-0.25, -0.2) is 0 Å². The number of rotatable bonds is 4. The molecule has 0 heteroatoms. The van der Waals surface area contributed by atoms with Gasteiger partial charge in [-0.3, -0.25) is 0 Å². The van der Waals surface area contributed by atoms with Crippen LogP contribution >= 0.6 is 0 Å². The molecule has 0 heterocycles. The van der Waals surface area contributed by atoms with Gasteiger partial charge >= 0.3 is 0 Å². The van der Waals surface area contributed by atoms with E-state index in [2.05, 4.69) is 184 Å². The molecule has 0 saturated heterocycles. The third kappa shape index (κ3) is 25.1. The molecule has 0 radical (unpaired) electrons. The minimum atomic E-state index is 0. The molecule has 0 unspecified atom stereocenters. The van der Waals surface area contributed by atoms with E-state index in [9.17, 15) is 0 Å². The lowest BCUT2D eigenvalue weighted by Crippen LogP contribution is -1.94. The normalized spacial score (nSPS) is 9.11. The van der Waals surface area contributed by atoms with Crippen LogP contribution in [0.2, 0.25) is 0 Å². The zero-order valence-electron chi connectivity index (χ0n) is 39.2. The molecular weight excluding hydrogens is 649 g/mol. The molecule has 0 saturated carbocycles. The van der Waals surface area contributed by atoms with Gasteiger partial charge in [0.1, 0.15) is 0 Å². The molecule has 312 valence electrons. The summed E-state index contributed by atoms with van der Waals surface area (Å²) in [7, 11) is 0. The molecule has 4 aromatic rings. The highest BCUT2D eigenvalue weighted by molar-refractivity contribution is 5.36. The lowest BCUT2D eigenvalue weighted by molar-refractivity contribution is 0.846. The Morgan fingerprint density at radius 2 is 0.685 bits per heavy atom. The van der Waals surface area contributed by atoms with E-state index in [-0.39, 0.29) is 14.9 Å². The van der Waals surface area contributed by atoms with Gasteiger partial charge in [0.25, 0.3) is 0 Å². The third-order valence-electron chi connectivity index (χ3n) is 8.49. The maximum atomic E-state index is 2.28. The molecular formula is C54H96. The average Bonchev–Trinajstić information content (AvgIpc) is 3.11. The van der Waals surface area contributed by atoms with E-state index < -0.39 is 0 Å². The molecule has 0 aliphatic rings. The Balaban J connectivity index is -0.000000132. The molecule has 0 aromatic heterocycles. The Morgan fingerprint density at radius 1 is 0.315 bits per heavy atom. The lowest BCUT2D eigenvalue weighted by Gasteiger charge is -2.12. The predicted molar refractivity (Wildman–Crippen MR) is 259 cm³/mol. The summed E-state index contributed by atoms with van der Waals surface area (Å²) >= 11 is 0. The van der Waals surface area contributed by atoms with Crippen molar-refractivity contribution in [2.45, 2.75) is 205 Å². The van der Waals surface area contributed by atoms with Crippen molar-refractivity contribution in [2.24, 2.45) is 0 Å². The van der Waals surface area contributed by atoms with Crippen molar-refractivity contribution in [3.63, 3.8) is 0 Å². The van der Waals surface area contributed by atoms with Crippen molar-refractivity contribution < 1.29 is 0 Å². The smallest absolute Gasteiger partial charge is 0.0214 e. The van der Waals surface area contributed by atoms with Gasteiger partial charge in [0.15, 0.2) is 0 Å². The van der Waals surface area contributed by atoms with Gasteiger partial charge in [0, 0.05) is 0 Å². The van der Waals surface area contributed by atoms with Gasteiger partial charge in [-0.1, -0.05) is 210 Å². The zero-order valence-corrected chi connectivity index (χ0v) is 39.2. The van der Waals surface area contributed by atoms with Crippen LogP contribution in [-0.4, -0.2) is 0 Å². The maximum absolute atomic E-state index is 2.28. The number of benzene rings is 4. The minimum Gasteiger partial charge on any atom is -0.0776 e. The highest BCUT2D eigenvalue weighted by Crippen LogP contribution is 2.23. The van der Waals surface area contributed by atoms with Gasteiger partial charge in [-0.2, -0.15) is 0 Å². The largest absolute Gasteiger partial charge is 0.0776 e. The molecule has 54 heavy (non-hydrogen) atoms. The SMILES string of the molecule is C.C.CC.CC.CC.CC.Cc1ccc(C(C)C)c(C)c1.Cc1ccc(C)c(C(C)C)c1.Cc1cccc(C(C)C)c1C.Cc1cccc(C)c1C(C)C. The zero-order chi connectivity index (χ0) is 41.7. The summed E-state index contributed by atoms with van der Waals surface area (Å²) in [4.78, 5) is 0. The Kier molecular flexibility index (Phi) is 42.9. The minimum absolute atomic E-state index is 0. The third-order valence-corrected chi connectivity index (χ3v) is 8.49. The van der Waals surface area contributed by atoms with Crippen LogP contribution in [0.1, 0.15) is 216 Å². The summed E-state index contributed by atoms with van der Waals surface area (Å²) in [5, 5.41) is 0. The van der Waals surface area contributed by atoms with E-state index in [4.69, 9.17) is 0 Å². The van der Waals surface area contributed by atoms with Crippen LogP contribution in [0.15, 0.2) is 72.8 Å². The van der Waals surface area contributed by atoms with E-state index >= 15 is 0 Å². The summed E-state index contributed by atoms with van der Waals surface area (Å²) in [6.07, 6.45) is 0. The van der Waals surface area contributed by atoms with Crippen LogP contribution in [-0.2, 0) is 0 Å². The van der Waals surface area contributed by atoms with E-state index in [1.807, 2.05) is 55.4 Å². The first-order chi connectivity index (χ1) is 24.5. The molecule has 0 bridgehead atoms. The molecule has 0 nitrogen and oxygen atoms in total. The average molecular weight is 745 g/mol. The molecule has 0 spiro atoms. The van der Waals surface area contributed by atoms with Crippen molar-refractivity contribution in [2.75, 3.05) is 0 Å². The van der Waals surface area contributed by atoms with Crippen LogP contribution < -0.4 is 0 Å². The van der Waals surface area contributed by atoms with Crippen molar-refractivity contribution in [3.8, 4) is 0 Å².